The Bertz CT molecular complexity index is 608. The van der Waals surface area contributed by atoms with Crippen LogP contribution in [0.2, 0.25) is 0 Å². The molecule has 1 atom stereocenters. The van der Waals surface area contributed by atoms with Gasteiger partial charge in [-0.25, -0.2) is 9.59 Å². The number of aliphatic hydroxyl groups is 1. The van der Waals surface area contributed by atoms with Crippen LogP contribution in [0.25, 0.3) is 0 Å². The van der Waals surface area contributed by atoms with Gasteiger partial charge in [0.15, 0.2) is 11.5 Å². The van der Waals surface area contributed by atoms with Crippen LogP contribution in [-0.4, -0.2) is 67.9 Å². The van der Waals surface area contributed by atoms with Crippen LogP contribution in [0.5, 0.6) is 11.5 Å². The molecule has 1 aromatic rings. The molecule has 0 bridgehead atoms. The predicted molar refractivity (Wildman–Crippen MR) is 101 cm³/mol. The number of aliphatic hydroxyl groups excluding tert-OH is 1. The molecule has 0 aliphatic carbocycles. The molecule has 26 heavy (non-hydrogen) atoms. The van der Waals surface area contributed by atoms with Crippen LogP contribution in [-0.2, 0) is 0 Å². The van der Waals surface area contributed by atoms with E-state index in [0.29, 0.717) is 12.1 Å². The molecular formula is C17H28ClN3O5. The van der Waals surface area contributed by atoms with Gasteiger partial charge in [0.25, 0.3) is 0 Å². The van der Waals surface area contributed by atoms with E-state index < -0.39 is 18.3 Å². The lowest BCUT2D eigenvalue weighted by Gasteiger charge is -2.18. The SMILES string of the molecule is CC(C)NCC(O)c1ccc(OC(=O)N(C)C)c(OC(=O)N(C)C)c1.Cl. The fourth-order valence-corrected chi connectivity index (χ4v) is 1.73. The van der Waals surface area contributed by atoms with Gasteiger partial charge in [0.1, 0.15) is 0 Å². The van der Waals surface area contributed by atoms with Crippen molar-refractivity contribution in [1.29, 1.82) is 0 Å². The highest BCUT2D eigenvalue weighted by molar-refractivity contribution is 5.85. The maximum atomic E-state index is 11.9. The summed E-state index contributed by atoms with van der Waals surface area (Å²) in [6.07, 6.45) is -2.01. The molecule has 1 aromatic carbocycles. The normalized spacial score (nSPS) is 11.4. The van der Waals surface area contributed by atoms with E-state index in [0.717, 1.165) is 0 Å². The maximum absolute atomic E-state index is 11.9. The smallest absolute Gasteiger partial charge is 0.406 e. The number of benzene rings is 1. The van der Waals surface area contributed by atoms with E-state index in [-0.39, 0.29) is 29.9 Å². The number of nitrogens with one attached hydrogen (secondary N) is 1. The van der Waals surface area contributed by atoms with E-state index in [1.165, 1.54) is 21.9 Å². The molecule has 8 nitrogen and oxygen atoms in total. The van der Waals surface area contributed by atoms with Crippen LogP contribution in [0, 0.1) is 0 Å². The van der Waals surface area contributed by atoms with Gasteiger partial charge in [-0.05, 0) is 17.7 Å². The predicted octanol–water partition coefficient (Wildman–Crippen LogP) is 2.26. The fourth-order valence-electron chi connectivity index (χ4n) is 1.73. The van der Waals surface area contributed by atoms with E-state index in [1.54, 1.807) is 34.3 Å². The van der Waals surface area contributed by atoms with Crippen molar-refractivity contribution in [2.75, 3.05) is 34.7 Å². The summed E-state index contributed by atoms with van der Waals surface area (Å²) in [5, 5.41) is 13.4. The largest absolute Gasteiger partial charge is 0.414 e. The standard InChI is InChI=1S/C17H27N3O5.ClH/c1-11(2)18-10-13(21)12-7-8-14(24-16(22)19(3)4)15(9-12)25-17(23)20(5)6;/h7-9,11,13,18,21H,10H2,1-6H3;1H. The zero-order valence-corrected chi connectivity index (χ0v) is 16.8. The Kier molecular flexibility index (Phi) is 10.0. The minimum absolute atomic E-state index is 0. The second-order valence-corrected chi connectivity index (χ2v) is 6.31. The minimum atomic E-state index is -0.794. The van der Waals surface area contributed by atoms with Gasteiger partial charge in [0.2, 0.25) is 0 Å². The lowest BCUT2D eigenvalue weighted by molar-refractivity contribution is 0.159. The van der Waals surface area contributed by atoms with Crippen molar-refractivity contribution in [3.63, 3.8) is 0 Å². The highest BCUT2D eigenvalue weighted by Gasteiger charge is 2.19. The Labute approximate surface area is 160 Å². The van der Waals surface area contributed by atoms with E-state index in [1.807, 2.05) is 13.8 Å². The highest BCUT2D eigenvalue weighted by atomic mass is 35.5. The second-order valence-electron chi connectivity index (χ2n) is 6.31. The van der Waals surface area contributed by atoms with Crippen LogP contribution in [0.3, 0.4) is 0 Å². The molecule has 0 radical (unpaired) electrons. The highest BCUT2D eigenvalue weighted by Crippen LogP contribution is 2.31. The number of hydrogen-bond acceptors (Lipinski definition) is 6. The minimum Gasteiger partial charge on any atom is -0.406 e. The van der Waals surface area contributed by atoms with Crippen LogP contribution in [0.4, 0.5) is 9.59 Å². The molecular weight excluding hydrogens is 362 g/mol. The lowest BCUT2D eigenvalue weighted by atomic mass is 10.1. The Morgan fingerprint density at radius 2 is 1.54 bits per heavy atom. The number of amides is 2. The number of carbonyl (C=O) groups excluding carboxylic acids is 2. The van der Waals surface area contributed by atoms with Gasteiger partial charge in [-0.3, -0.25) is 0 Å². The summed E-state index contributed by atoms with van der Waals surface area (Å²) in [5.41, 5.74) is 0.541. The molecule has 1 unspecified atom stereocenters. The summed E-state index contributed by atoms with van der Waals surface area (Å²) in [6.45, 7) is 4.29. The molecule has 0 spiro atoms. The second kappa shape index (κ2) is 10.8. The van der Waals surface area contributed by atoms with Crippen LogP contribution in [0.15, 0.2) is 18.2 Å². The van der Waals surface area contributed by atoms with Gasteiger partial charge in [-0.1, -0.05) is 19.9 Å². The molecule has 2 N–H and O–H groups in total. The van der Waals surface area contributed by atoms with E-state index in [2.05, 4.69) is 5.32 Å². The first-order valence-electron chi connectivity index (χ1n) is 7.95. The monoisotopic (exact) mass is 389 g/mol. The van der Waals surface area contributed by atoms with Crippen molar-refractivity contribution in [2.24, 2.45) is 0 Å². The Hall–Kier alpha value is -2.03. The number of halogens is 1. The fraction of sp³-hybridized carbons (Fsp3) is 0.529. The molecule has 0 aliphatic rings. The van der Waals surface area contributed by atoms with E-state index in [4.69, 9.17) is 9.47 Å². The van der Waals surface area contributed by atoms with Crippen LogP contribution in [0.1, 0.15) is 25.5 Å². The van der Waals surface area contributed by atoms with Crippen molar-refractivity contribution in [3.8, 4) is 11.5 Å². The summed E-state index contributed by atoms with van der Waals surface area (Å²) in [4.78, 5) is 26.1. The van der Waals surface area contributed by atoms with Crippen LogP contribution < -0.4 is 14.8 Å². The summed E-state index contributed by atoms with van der Waals surface area (Å²) in [7, 11) is 6.17. The Morgan fingerprint density at radius 3 is 2.00 bits per heavy atom. The molecule has 148 valence electrons. The number of carbonyl (C=O) groups is 2. The molecule has 0 heterocycles. The number of rotatable bonds is 6. The molecule has 1 rings (SSSR count). The molecule has 9 heteroatoms. The first-order chi connectivity index (χ1) is 11.6. The molecule has 0 saturated heterocycles. The van der Waals surface area contributed by atoms with Gasteiger partial charge in [-0.15, -0.1) is 12.4 Å². The Balaban J connectivity index is 0.00000625. The molecule has 0 aliphatic heterocycles. The summed E-state index contributed by atoms with van der Waals surface area (Å²) < 4.78 is 10.5. The lowest BCUT2D eigenvalue weighted by Crippen LogP contribution is -2.28. The van der Waals surface area contributed by atoms with Crippen LogP contribution >= 0.6 is 12.4 Å². The zero-order chi connectivity index (χ0) is 19.1. The quantitative estimate of drug-likeness (QED) is 0.775. The third-order valence-electron chi connectivity index (χ3n) is 3.20. The number of nitrogens with zero attached hydrogens (tertiary/aromatic N) is 2. The van der Waals surface area contributed by atoms with Crippen molar-refractivity contribution in [1.82, 2.24) is 15.1 Å². The van der Waals surface area contributed by atoms with Gasteiger partial charge >= 0.3 is 12.2 Å². The molecule has 0 aromatic heterocycles. The van der Waals surface area contributed by atoms with Gasteiger partial charge in [-0.2, -0.15) is 0 Å². The van der Waals surface area contributed by atoms with Gasteiger partial charge < -0.3 is 29.7 Å². The molecule has 0 saturated carbocycles. The number of ether oxygens (including phenoxy) is 2. The first kappa shape index (κ1) is 24.0. The van der Waals surface area contributed by atoms with Gasteiger partial charge in [0, 0.05) is 40.8 Å². The maximum Gasteiger partial charge on any atom is 0.414 e. The number of hydrogen-bond donors (Lipinski definition) is 2. The van der Waals surface area contributed by atoms with Gasteiger partial charge in [0.05, 0.1) is 6.10 Å². The van der Waals surface area contributed by atoms with Crippen molar-refractivity contribution < 1.29 is 24.2 Å². The topological polar surface area (TPSA) is 91.3 Å². The van der Waals surface area contributed by atoms with E-state index >= 15 is 0 Å². The summed E-state index contributed by atoms with van der Waals surface area (Å²) >= 11 is 0. The Morgan fingerprint density at radius 1 is 1.04 bits per heavy atom. The third-order valence-corrected chi connectivity index (χ3v) is 3.20. The van der Waals surface area contributed by atoms with Crippen molar-refractivity contribution in [3.05, 3.63) is 23.8 Å². The zero-order valence-electron chi connectivity index (χ0n) is 16.0. The summed E-state index contributed by atoms with van der Waals surface area (Å²) in [6, 6.07) is 4.83. The van der Waals surface area contributed by atoms with E-state index in [9.17, 15) is 14.7 Å². The average molecular weight is 390 g/mol. The van der Waals surface area contributed by atoms with Crippen molar-refractivity contribution >= 4 is 24.6 Å². The first-order valence-corrected chi connectivity index (χ1v) is 7.95. The summed E-state index contributed by atoms with van der Waals surface area (Å²) in [5.74, 6) is 0.164. The third kappa shape index (κ3) is 7.47. The average Bonchev–Trinajstić information content (AvgIpc) is 2.53. The molecule has 0 fully saturated rings. The van der Waals surface area contributed by atoms with Crippen molar-refractivity contribution in [2.45, 2.75) is 26.0 Å². The molecule has 2 amide bonds.